The van der Waals surface area contributed by atoms with Crippen molar-refractivity contribution in [1.29, 1.82) is 0 Å². The Morgan fingerprint density at radius 1 is 1.46 bits per heavy atom. The van der Waals surface area contributed by atoms with E-state index in [4.69, 9.17) is 0 Å². The zero-order chi connectivity index (χ0) is 9.52. The molecule has 1 aromatic carbocycles. The number of thioether (sulfide) groups is 1. The summed E-state index contributed by atoms with van der Waals surface area (Å²) in [6.07, 6.45) is 4.40. The Morgan fingerprint density at radius 2 is 2.23 bits per heavy atom. The van der Waals surface area contributed by atoms with Crippen LogP contribution in [-0.4, -0.2) is 18.9 Å². The van der Waals surface area contributed by atoms with Gasteiger partial charge in [0.2, 0.25) is 6.08 Å². The second kappa shape index (κ2) is 5.57. The summed E-state index contributed by atoms with van der Waals surface area (Å²) in [5, 5.41) is 0. The molecule has 0 aromatic heterocycles. The zero-order valence-electron chi connectivity index (χ0n) is 7.49. The highest BCUT2D eigenvalue weighted by Gasteiger charge is 1.98. The maximum atomic E-state index is 9.85. The molecular formula is C10H11NOS. The minimum atomic E-state index is 0.529. The van der Waals surface area contributed by atoms with Crippen molar-refractivity contribution < 1.29 is 4.79 Å². The van der Waals surface area contributed by atoms with E-state index in [0.29, 0.717) is 6.54 Å². The highest BCUT2D eigenvalue weighted by Crippen LogP contribution is 2.19. The molecule has 0 heterocycles. The third kappa shape index (κ3) is 3.05. The van der Waals surface area contributed by atoms with Crippen LogP contribution in [0.25, 0.3) is 0 Å². The lowest BCUT2D eigenvalue weighted by molar-refractivity contribution is 0.563. The molecular weight excluding hydrogens is 182 g/mol. The van der Waals surface area contributed by atoms with E-state index in [1.807, 2.05) is 18.4 Å². The van der Waals surface area contributed by atoms with Crippen molar-refractivity contribution in [3.05, 3.63) is 29.8 Å². The molecule has 0 aliphatic carbocycles. The monoisotopic (exact) mass is 193 g/mol. The Morgan fingerprint density at radius 3 is 2.92 bits per heavy atom. The minimum Gasteiger partial charge on any atom is -0.211 e. The predicted molar refractivity (Wildman–Crippen MR) is 54.9 cm³/mol. The number of hydrogen-bond acceptors (Lipinski definition) is 3. The van der Waals surface area contributed by atoms with Crippen LogP contribution in [0.5, 0.6) is 0 Å². The summed E-state index contributed by atoms with van der Waals surface area (Å²) < 4.78 is 0. The van der Waals surface area contributed by atoms with Gasteiger partial charge in [-0.05, 0) is 24.3 Å². The number of rotatable bonds is 4. The van der Waals surface area contributed by atoms with E-state index >= 15 is 0 Å². The number of carbonyl (C=O) groups excluding carboxylic acids is 1. The van der Waals surface area contributed by atoms with Crippen molar-refractivity contribution in [2.75, 3.05) is 12.8 Å². The van der Waals surface area contributed by atoms with Gasteiger partial charge in [0.1, 0.15) is 0 Å². The fourth-order valence-corrected chi connectivity index (χ4v) is 1.78. The molecule has 0 N–H and O–H groups in total. The van der Waals surface area contributed by atoms with Gasteiger partial charge in [-0.25, -0.2) is 9.79 Å². The van der Waals surface area contributed by atoms with Crippen molar-refractivity contribution in [1.82, 2.24) is 0 Å². The van der Waals surface area contributed by atoms with Crippen molar-refractivity contribution >= 4 is 17.8 Å². The smallest absolute Gasteiger partial charge is 0.211 e. The van der Waals surface area contributed by atoms with E-state index in [-0.39, 0.29) is 0 Å². The molecule has 2 nitrogen and oxygen atoms in total. The van der Waals surface area contributed by atoms with Crippen LogP contribution in [0.1, 0.15) is 5.56 Å². The third-order valence-corrected chi connectivity index (χ3v) is 2.59. The van der Waals surface area contributed by atoms with Gasteiger partial charge in [-0.2, -0.15) is 0 Å². The van der Waals surface area contributed by atoms with E-state index in [9.17, 15) is 4.79 Å². The summed E-state index contributed by atoms with van der Waals surface area (Å²) in [6, 6.07) is 8.15. The second-order valence-electron chi connectivity index (χ2n) is 2.53. The molecule has 13 heavy (non-hydrogen) atoms. The quantitative estimate of drug-likeness (QED) is 0.417. The van der Waals surface area contributed by atoms with E-state index in [1.54, 1.807) is 17.8 Å². The van der Waals surface area contributed by atoms with Crippen LogP contribution in [0.15, 0.2) is 34.2 Å². The number of aliphatic imine (C=N–C) groups is 1. The first-order valence-electron chi connectivity index (χ1n) is 4.04. The highest BCUT2D eigenvalue weighted by molar-refractivity contribution is 7.98. The van der Waals surface area contributed by atoms with Gasteiger partial charge in [0, 0.05) is 4.90 Å². The first-order valence-corrected chi connectivity index (χ1v) is 5.26. The summed E-state index contributed by atoms with van der Waals surface area (Å²) in [6.45, 7) is 0.529. The molecule has 0 bridgehead atoms. The highest BCUT2D eigenvalue weighted by atomic mass is 32.2. The van der Waals surface area contributed by atoms with Crippen LogP contribution in [0.3, 0.4) is 0 Å². The molecule has 68 valence electrons. The van der Waals surface area contributed by atoms with E-state index in [2.05, 4.69) is 17.1 Å². The third-order valence-electron chi connectivity index (χ3n) is 1.75. The summed E-state index contributed by atoms with van der Waals surface area (Å²) in [5.41, 5.74) is 1.24. The Balaban J connectivity index is 2.69. The lowest BCUT2D eigenvalue weighted by Crippen LogP contribution is -1.91. The number of hydrogen-bond donors (Lipinski definition) is 0. The maximum absolute atomic E-state index is 9.85. The average Bonchev–Trinajstić information content (AvgIpc) is 2.19. The van der Waals surface area contributed by atoms with Gasteiger partial charge in [-0.1, -0.05) is 18.2 Å². The molecule has 0 atom stereocenters. The molecule has 0 radical (unpaired) electrons. The summed E-state index contributed by atoms with van der Waals surface area (Å²) in [5.74, 6) is 0. The SMILES string of the molecule is CSc1ccccc1CCN=C=O. The lowest BCUT2D eigenvalue weighted by atomic mass is 10.1. The predicted octanol–water partition coefficient (Wildman–Crippen LogP) is 2.29. The Hall–Kier alpha value is -1.05. The Kier molecular flexibility index (Phi) is 4.30. The molecule has 0 saturated carbocycles. The number of nitrogens with zero attached hydrogens (tertiary/aromatic N) is 1. The molecule has 0 spiro atoms. The van der Waals surface area contributed by atoms with Crippen molar-refractivity contribution in [2.24, 2.45) is 4.99 Å². The van der Waals surface area contributed by atoms with Crippen molar-refractivity contribution in [2.45, 2.75) is 11.3 Å². The normalized spacial score (nSPS) is 9.31. The van der Waals surface area contributed by atoms with Gasteiger partial charge >= 0.3 is 0 Å². The minimum absolute atomic E-state index is 0.529. The summed E-state index contributed by atoms with van der Waals surface area (Å²) >= 11 is 1.71. The first kappa shape index (κ1) is 10.0. The lowest BCUT2D eigenvalue weighted by Gasteiger charge is -2.03. The van der Waals surface area contributed by atoms with Crippen LogP contribution in [-0.2, 0) is 11.2 Å². The topological polar surface area (TPSA) is 29.4 Å². The molecule has 0 saturated heterocycles. The van der Waals surface area contributed by atoms with E-state index in [0.717, 1.165) is 6.42 Å². The molecule has 0 amide bonds. The standard InChI is InChI=1S/C10H11NOS/c1-13-10-5-3-2-4-9(10)6-7-11-8-12/h2-5H,6-7H2,1H3. The summed E-state index contributed by atoms with van der Waals surface area (Å²) in [4.78, 5) is 14.6. The van der Waals surface area contributed by atoms with Gasteiger partial charge in [0.25, 0.3) is 0 Å². The molecule has 1 rings (SSSR count). The van der Waals surface area contributed by atoms with Gasteiger partial charge in [-0.15, -0.1) is 11.8 Å². The molecule has 0 aliphatic rings. The van der Waals surface area contributed by atoms with Gasteiger partial charge in [-0.3, -0.25) is 0 Å². The molecule has 0 fully saturated rings. The maximum Gasteiger partial charge on any atom is 0.234 e. The van der Waals surface area contributed by atoms with Crippen LogP contribution in [0, 0.1) is 0 Å². The summed E-state index contributed by atoms with van der Waals surface area (Å²) in [7, 11) is 0. The zero-order valence-corrected chi connectivity index (χ0v) is 8.30. The van der Waals surface area contributed by atoms with Crippen LogP contribution in [0.2, 0.25) is 0 Å². The van der Waals surface area contributed by atoms with Crippen molar-refractivity contribution in [3.8, 4) is 0 Å². The first-order chi connectivity index (χ1) is 6.38. The fraction of sp³-hybridized carbons (Fsp3) is 0.300. The fourth-order valence-electron chi connectivity index (χ4n) is 1.13. The molecule has 1 aromatic rings. The average molecular weight is 193 g/mol. The number of isocyanates is 1. The van der Waals surface area contributed by atoms with Gasteiger partial charge < -0.3 is 0 Å². The molecule has 3 heteroatoms. The Labute approximate surface area is 82.1 Å². The largest absolute Gasteiger partial charge is 0.234 e. The second-order valence-corrected chi connectivity index (χ2v) is 3.38. The van der Waals surface area contributed by atoms with Gasteiger partial charge in [0.05, 0.1) is 6.54 Å². The van der Waals surface area contributed by atoms with Crippen LogP contribution < -0.4 is 0 Å². The number of benzene rings is 1. The molecule has 0 unspecified atom stereocenters. The Bertz CT molecular complexity index is 318. The molecule has 0 aliphatic heterocycles. The van der Waals surface area contributed by atoms with Crippen molar-refractivity contribution in [3.63, 3.8) is 0 Å². The van der Waals surface area contributed by atoms with Crippen LogP contribution >= 0.6 is 11.8 Å². The van der Waals surface area contributed by atoms with Gasteiger partial charge in [0.15, 0.2) is 0 Å². The van der Waals surface area contributed by atoms with E-state index < -0.39 is 0 Å². The van der Waals surface area contributed by atoms with E-state index in [1.165, 1.54) is 10.5 Å². The van der Waals surface area contributed by atoms with Crippen LogP contribution in [0.4, 0.5) is 0 Å².